The number of aromatic nitrogens is 2. The van der Waals surface area contributed by atoms with Crippen molar-refractivity contribution in [2.45, 2.75) is 46.3 Å². The standard InChI is InChI=1S/C20H26N4O3/c1-5-23-16-9-6-7-10-17(16)27-20(4,19(23)26)18(25)21-11-8-12-24-15(3)13-14(2)22-24/h6-7,9-10,13H,5,8,11-12H2,1-4H3,(H,21,25). The molecule has 0 radical (unpaired) electrons. The maximum atomic E-state index is 12.9. The predicted molar refractivity (Wildman–Crippen MR) is 103 cm³/mol. The number of ether oxygens (including phenoxy) is 1. The number of anilines is 1. The molecule has 0 aliphatic carbocycles. The first-order valence-electron chi connectivity index (χ1n) is 9.26. The smallest absolute Gasteiger partial charge is 0.280 e. The molecule has 2 aromatic rings. The lowest BCUT2D eigenvalue weighted by molar-refractivity contribution is -0.148. The van der Waals surface area contributed by atoms with Gasteiger partial charge < -0.3 is 15.0 Å². The summed E-state index contributed by atoms with van der Waals surface area (Å²) in [7, 11) is 0. The number of hydrogen-bond acceptors (Lipinski definition) is 4. The number of amides is 2. The fourth-order valence-electron chi connectivity index (χ4n) is 3.36. The summed E-state index contributed by atoms with van der Waals surface area (Å²) in [6.45, 7) is 8.99. The predicted octanol–water partition coefficient (Wildman–Crippen LogP) is 2.21. The Hall–Kier alpha value is -2.83. The zero-order valence-electron chi connectivity index (χ0n) is 16.3. The normalized spacial score (nSPS) is 18.8. The van der Waals surface area contributed by atoms with Crippen molar-refractivity contribution in [3.63, 3.8) is 0 Å². The van der Waals surface area contributed by atoms with Gasteiger partial charge in [-0.2, -0.15) is 5.10 Å². The first kappa shape index (κ1) is 18.9. The Labute approximate surface area is 159 Å². The number of para-hydroxylation sites is 2. The van der Waals surface area contributed by atoms with Crippen LogP contribution in [0, 0.1) is 13.8 Å². The van der Waals surface area contributed by atoms with Crippen LogP contribution >= 0.6 is 0 Å². The summed E-state index contributed by atoms with van der Waals surface area (Å²) in [5.74, 6) is -0.229. The monoisotopic (exact) mass is 370 g/mol. The average molecular weight is 370 g/mol. The Morgan fingerprint density at radius 3 is 2.70 bits per heavy atom. The summed E-state index contributed by atoms with van der Waals surface area (Å²) in [5.41, 5.74) is 1.19. The minimum absolute atomic E-state index is 0.347. The van der Waals surface area contributed by atoms with E-state index in [1.54, 1.807) is 11.0 Å². The molecule has 1 aromatic heterocycles. The van der Waals surface area contributed by atoms with Crippen molar-refractivity contribution < 1.29 is 14.3 Å². The van der Waals surface area contributed by atoms with Crippen LogP contribution < -0.4 is 15.0 Å². The quantitative estimate of drug-likeness (QED) is 0.625. The van der Waals surface area contributed by atoms with Crippen LogP contribution in [0.5, 0.6) is 5.75 Å². The molecule has 27 heavy (non-hydrogen) atoms. The number of aryl methyl sites for hydroxylation is 3. The lowest BCUT2D eigenvalue weighted by Gasteiger charge is -2.39. The second-order valence-electron chi connectivity index (χ2n) is 6.91. The van der Waals surface area contributed by atoms with Crippen molar-refractivity contribution in [2.75, 3.05) is 18.0 Å². The number of likely N-dealkylation sites (N-methyl/N-ethyl adjacent to an activating group) is 1. The van der Waals surface area contributed by atoms with E-state index in [4.69, 9.17) is 4.74 Å². The van der Waals surface area contributed by atoms with Crippen LogP contribution in [-0.4, -0.2) is 40.3 Å². The molecule has 0 saturated heterocycles. The van der Waals surface area contributed by atoms with E-state index in [0.717, 1.165) is 11.4 Å². The van der Waals surface area contributed by atoms with Gasteiger partial charge in [-0.15, -0.1) is 0 Å². The molecule has 7 nitrogen and oxygen atoms in total. The maximum absolute atomic E-state index is 12.9. The Kier molecular flexibility index (Phi) is 5.21. The average Bonchev–Trinajstić information content (AvgIpc) is 2.97. The van der Waals surface area contributed by atoms with Crippen molar-refractivity contribution in [1.29, 1.82) is 0 Å². The van der Waals surface area contributed by atoms with E-state index < -0.39 is 11.5 Å². The van der Waals surface area contributed by atoms with Gasteiger partial charge in [0.1, 0.15) is 5.75 Å². The Balaban J connectivity index is 1.65. The first-order chi connectivity index (χ1) is 12.9. The fourth-order valence-corrected chi connectivity index (χ4v) is 3.36. The highest BCUT2D eigenvalue weighted by molar-refractivity contribution is 6.16. The molecule has 0 spiro atoms. The molecule has 1 atom stereocenters. The number of nitrogens with one attached hydrogen (secondary N) is 1. The van der Waals surface area contributed by atoms with Crippen LogP contribution in [0.1, 0.15) is 31.7 Å². The third-order valence-corrected chi connectivity index (χ3v) is 4.81. The van der Waals surface area contributed by atoms with Crippen LogP contribution in [0.25, 0.3) is 0 Å². The fraction of sp³-hybridized carbons (Fsp3) is 0.450. The molecule has 7 heteroatoms. The zero-order valence-corrected chi connectivity index (χ0v) is 16.3. The van der Waals surface area contributed by atoms with E-state index in [1.165, 1.54) is 6.92 Å². The van der Waals surface area contributed by atoms with E-state index in [9.17, 15) is 9.59 Å². The molecule has 3 rings (SSSR count). The van der Waals surface area contributed by atoms with E-state index in [0.29, 0.717) is 37.5 Å². The summed E-state index contributed by atoms with van der Waals surface area (Å²) in [6.07, 6.45) is 0.714. The molecule has 2 amide bonds. The van der Waals surface area contributed by atoms with Crippen LogP contribution in [-0.2, 0) is 16.1 Å². The number of fused-ring (bicyclic) bond motifs is 1. The molecule has 1 aromatic carbocycles. The Bertz CT molecular complexity index is 861. The van der Waals surface area contributed by atoms with Crippen molar-refractivity contribution in [3.05, 3.63) is 41.7 Å². The van der Waals surface area contributed by atoms with Gasteiger partial charge >= 0.3 is 0 Å². The summed E-state index contributed by atoms with van der Waals surface area (Å²) in [5, 5.41) is 7.25. The van der Waals surface area contributed by atoms with E-state index in [-0.39, 0.29) is 5.91 Å². The highest BCUT2D eigenvalue weighted by atomic mass is 16.5. The van der Waals surface area contributed by atoms with E-state index >= 15 is 0 Å². The second-order valence-corrected chi connectivity index (χ2v) is 6.91. The van der Waals surface area contributed by atoms with Gasteiger partial charge in [0, 0.05) is 25.3 Å². The summed E-state index contributed by atoms with van der Waals surface area (Å²) >= 11 is 0. The van der Waals surface area contributed by atoms with Gasteiger partial charge in [0.25, 0.3) is 17.4 Å². The molecule has 2 heterocycles. The highest BCUT2D eigenvalue weighted by Crippen LogP contribution is 2.37. The highest BCUT2D eigenvalue weighted by Gasteiger charge is 2.50. The largest absolute Gasteiger partial charge is 0.466 e. The molecule has 1 aliphatic heterocycles. The molecule has 1 N–H and O–H groups in total. The number of carbonyl (C=O) groups excluding carboxylic acids is 2. The molecule has 0 fully saturated rings. The van der Waals surface area contributed by atoms with Gasteiger partial charge in [0.15, 0.2) is 0 Å². The number of hydrogen-bond donors (Lipinski definition) is 1. The summed E-state index contributed by atoms with van der Waals surface area (Å²) < 4.78 is 7.76. The van der Waals surface area contributed by atoms with Crippen LogP contribution in [0.15, 0.2) is 30.3 Å². The summed E-state index contributed by atoms with van der Waals surface area (Å²) in [6, 6.07) is 9.29. The van der Waals surface area contributed by atoms with E-state index in [1.807, 2.05) is 49.7 Å². The molecular formula is C20H26N4O3. The molecule has 1 unspecified atom stereocenters. The van der Waals surface area contributed by atoms with Gasteiger partial charge in [-0.05, 0) is 52.3 Å². The number of nitrogens with zero attached hydrogens (tertiary/aromatic N) is 3. The van der Waals surface area contributed by atoms with Crippen LogP contribution in [0.3, 0.4) is 0 Å². The maximum Gasteiger partial charge on any atom is 0.280 e. The molecule has 144 valence electrons. The third-order valence-electron chi connectivity index (χ3n) is 4.81. The number of benzene rings is 1. The van der Waals surface area contributed by atoms with Gasteiger partial charge in [-0.25, -0.2) is 0 Å². The number of rotatable bonds is 6. The van der Waals surface area contributed by atoms with Crippen molar-refractivity contribution in [1.82, 2.24) is 15.1 Å². The minimum atomic E-state index is -1.57. The minimum Gasteiger partial charge on any atom is -0.466 e. The van der Waals surface area contributed by atoms with Crippen molar-refractivity contribution in [3.8, 4) is 5.75 Å². The van der Waals surface area contributed by atoms with Gasteiger partial charge in [0.05, 0.1) is 11.4 Å². The molecule has 0 saturated carbocycles. The summed E-state index contributed by atoms with van der Waals surface area (Å²) in [4.78, 5) is 27.3. The molecule has 0 bridgehead atoms. The van der Waals surface area contributed by atoms with E-state index in [2.05, 4.69) is 10.4 Å². The Morgan fingerprint density at radius 2 is 2.04 bits per heavy atom. The van der Waals surface area contributed by atoms with Crippen LogP contribution in [0.2, 0.25) is 0 Å². The molecule has 1 aliphatic rings. The lowest BCUT2D eigenvalue weighted by atomic mass is 10.00. The van der Waals surface area contributed by atoms with Gasteiger partial charge in [-0.1, -0.05) is 12.1 Å². The first-order valence-corrected chi connectivity index (χ1v) is 9.26. The van der Waals surface area contributed by atoms with Crippen LogP contribution in [0.4, 0.5) is 5.69 Å². The third kappa shape index (κ3) is 3.54. The van der Waals surface area contributed by atoms with Crippen molar-refractivity contribution in [2.24, 2.45) is 0 Å². The number of carbonyl (C=O) groups is 2. The lowest BCUT2D eigenvalue weighted by Crippen LogP contribution is -2.62. The van der Waals surface area contributed by atoms with Gasteiger partial charge in [0.2, 0.25) is 0 Å². The van der Waals surface area contributed by atoms with Gasteiger partial charge in [-0.3, -0.25) is 14.3 Å². The topological polar surface area (TPSA) is 76.5 Å². The molecular weight excluding hydrogens is 344 g/mol. The zero-order chi connectivity index (χ0) is 19.6. The second kappa shape index (κ2) is 7.42. The SMILES string of the molecule is CCN1C(=O)C(C)(C(=O)NCCCn2nc(C)cc2C)Oc2ccccc21. The van der Waals surface area contributed by atoms with Crippen molar-refractivity contribution >= 4 is 17.5 Å². The Morgan fingerprint density at radius 1 is 1.30 bits per heavy atom.